The summed E-state index contributed by atoms with van der Waals surface area (Å²) < 4.78 is 510. The van der Waals surface area contributed by atoms with E-state index in [0.29, 0.717) is 15.8 Å². The number of halogens is 32. The number of nitrogens with zero attached hydrogens (tertiary/aromatic N) is 32. The molecule has 95 heteroatoms. The third kappa shape index (κ3) is 38.7. The topological polar surface area (TPSA) is 402 Å². The Morgan fingerprint density at radius 3 is 0.730 bits per heavy atom. The van der Waals surface area contributed by atoms with Gasteiger partial charge in [-0.2, -0.15) is 147 Å². The van der Waals surface area contributed by atoms with Gasteiger partial charge in [-0.15, -0.1) is 121 Å². The predicted molar refractivity (Wildman–Crippen MR) is 471 cm³/mol. The zero-order chi connectivity index (χ0) is 99.5. The van der Waals surface area contributed by atoms with Gasteiger partial charge in [0.25, 0.3) is 37.6 Å². The van der Waals surface area contributed by atoms with E-state index in [1.807, 2.05) is 9.03 Å². The molecule has 8 aliphatic heterocycles. The minimum absolute atomic E-state index is 0.0305. The molecule has 37 nitrogen and oxygen atoms in total. The highest BCUT2D eigenvalue weighted by Crippen LogP contribution is 2.89. The van der Waals surface area contributed by atoms with Gasteiger partial charge in [0.2, 0.25) is 7.52 Å². The van der Waals surface area contributed by atoms with Gasteiger partial charge in [0, 0.05) is 60.2 Å². The van der Waals surface area contributed by atoms with E-state index >= 15 is 0 Å². The fourth-order valence-electron chi connectivity index (χ4n) is 7.54. The molecule has 0 aromatic rings. The quantitative estimate of drug-likeness (QED) is 0.0383. The van der Waals surface area contributed by atoms with Crippen LogP contribution in [0.3, 0.4) is 0 Å². The van der Waals surface area contributed by atoms with Crippen LogP contribution in [0.15, 0.2) is 108 Å². The summed E-state index contributed by atoms with van der Waals surface area (Å²) in [5.74, 6) is 0. The zero-order valence-electron chi connectivity index (χ0n) is 67.7. The average Bonchev–Trinajstić information content (AvgIpc) is 0.726. The first-order chi connectivity index (χ1) is 56.2. The lowest BCUT2D eigenvalue weighted by molar-refractivity contribution is 0.361. The highest BCUT2D eigenvalue weighted by molar-refractivity contribution is 7.94. The maximum atomic E-state index is 14.3. The van der Waals surface area contributed by atoms with Crippen molar-refractivity contribution < 1.29 is 159 Å². The van der Waals surface area contributed by atoms with Crippen molar-refractivity contribution in [2.45, 2.75) is 48.0 Å². The summed E-state index contributed by atoms with van der Waals surface area (Å²) in [5.41, 5.74) is -1.06. The van der Waals surface area contributed by atoms with Crippen molar-refractivity contribution in [1.29, 1.82) is 0 Å². The van der Waals surface area contributed by atoms with Gasteiger partial charge in [-0.25, -0.2) is 37.4 Å². The molecule has 8 rings (SSSR count). The maximum Gasteiger partial charge on any atom is 0.424 e. The zero-order valence-corrected chi connectivity index (χ0v) is 90.9. The number of aliphatic hydroxyl groups excluding tert-OH is 3. The number of thiol groups is 2. The highest BCUT2D eigenvalue weighted by atomic mass is 32.1. The molecule has 0 aliphatic carbocycles. The van der Waals surface area contributed by atoms with E-state index in [2.05, 4.69) is 134 Å². The SMILES string of the molecule is CCCN(C)P1(F)=NP(F)(F)=NP(F)(F)=N1.CCN(C)P1(F)=NP(F)(F)=NP(F)(F)=N1.CCN(CC)P1(F)=NP(F)(F)=NP(C)(F)=N1.CCN(CC)P1(F)=NP(F)(F)=NP(F)(CO)=N1.CN(C)P1(F)=NP(F)(F)=NP(F)(CO)=N1.CN(C)P1(F)=NP(F)(F)=NP(F)(CS)=N1.COP1(F)=NP(F)(CO)=NP(F)(N(C)C)=N1.COP1(F)=NP(F)(CS)=NP(F)(N(C)C)=N1. The Labute approximate surface area is 719 Å². The van der Waals surface area contributed by atoms with Gasteiger partial charge in [-0.05, 0) is 76.9 Å². The molecule has 756 valence electrons. The number of rotatable bonds is 22. The molecule has 0 amide bonds. The lowest BCUT2D eigenvalue weighted by atomic mass is 10.5. The molecule has 3 N–H and O–H groups in total. The molecule has 0 saturated carbocycles. The summed E-state index contributed by atoms with van der Waals surface area (Å²) in [5, 5.41) is 26.0. The van der Waals surface area contributed by atoms with Gasteiger partial charge >= 0.3 is 139 Å². The second-order valence-corrected chi connectivity index (χ2v) is 75.7. The number of aliphatic hydroxyl groups is 3. The van der Waals surface area contributed by atoms with Crippen LogP contribution in [0.2, 0.25) is 0 Å². The van der Waals surface area contributed by atoms with Gasteiger partial charge < -0.3 is 24.4 Å². The molecule has 0 aromatic heterocycles. The van der Waals surface area contributed by atoms with E-state index in [4.69, 9.17) is 15.3 Å². The molecule has 16 unspecified atom stereocenters. The first-order valence-corrected chi connectivity index (χ1v) is 71.8. The molecular formula is C31H86F32N32O5P24S2. The lowest BCUT2D eigenvalue weighted by Crippen LogP contribution is -2.17. The van der Waals surface area contributed by atoms with E-state index < -0.39 is 215 Å². The maximum absolute atomic E-state index is 14.3. The van der Waals surface area contributed by atoms with Gasteiger partial charge in [-0.1, -0.05) is 41.5 Å². The highest BCUT2D eigenvalue weighted by Gasteiger charge is 2.48. The minimum Gasteiger partial charge on any atom is -0.386 e. The Balaban J connectivity index is 0.000000720. The van der Waals surface area contributed by atoms with E-state index in [1.165, 1.54) is 63.1 Å². The van der Waals surface area contributed by atoms with Crippen LogP contribution in [0.1, 0.15) is 48.0 Å². The van der Waals surface area contributed by atoms with Crippen molar-refractivity contribution in [3.63, 3.8) is 0 Å². The molecule has 0 fully saturated rings. The monoisotopic (exact) mass is 2400 g/mol. The first kappa shape index (κ1) is 127. The van der Waals surface area contributed by atoms with Crippen LogP contribution in [-0.2, 0) is 9.05 Å². The van der Waals surface area contributed by atoms with Crippen LogP contribution in [0.4, 0.5) is 134 Å². The average molecular weight is 2400 g/mol. The van der Waals surface area contributed by atoms with Crippen LogP contribution < -0.4 is 0 Å². The Morgan fingerprint density at radius 1 is 0.246 bits per heavy atom. The summed E-state index contributed by atoms with van der Waals surface area (Å²) in [6.45, 7) is 10.7. The van der Waals surface area contributed by atoms with Crippen LogP contribution in [0.5, 0.6) is 0 Å². The largest absolute Gasteiger partial charge is 0.424 e. The molecule has 8 aliphatic rings. The molecule has 0 saturated heterocycles. The van der Waals surface area contributed by atoms with Crippen LogP contribution in [0.25, 0.3) is 0 Å². The Bertz CT molecular complexity index is 5260. The third-order valence-electron chi connectivity index (χ3n) is 13.1. The van der Waals surface area contributed by atoms with Gasteiger partial charge in [0.05, 0.1) is 11.0 Å². The van der Waals surface area contributed by atoms with E-state index in [9.17, 15) is 134 Å². The lowest BCUT2D eigenvalue weighted by Gasteiger charge is -2.27. The van der Waals surface area contributed by atoms with Gasteiger partial charge in [-0.3, -0.25) is 0 Å². The second kappa shape index (κ2) is 47.6. The Kier molecular flexibility index (Phi) is 48.1. The van der Waals surface area contributed by atoms with Crippen LogP contribution in [-0.4, -0.2) is 213 Å². The molecule has 0 bridgehead atoms. The van der Waals surface area contributed by atoms with Crippen molar-refractivity contribution in [2.24, 2.45) is 108 Å². The molecule has 0 radical (unpaired) electrons. The van der Waals surface area contributed by atoms with Crippen molar-refractivity contribution in [2.75, 3.05) is 161 Å². The fraction of sp³-hybridized carbons (Fsp3) is 1.00. The minimum atomic E-state index is -5.57. The molecular weight excluding hydrogens is 2320 g/mol. The molecule has 16 atom stereocenters. The molecule has 0 aromatic carbocycles. The predicted octanol–water partition coefficient (Wildman–Crippen LogP) is 41.0. The van der Waals surface area contributed by atoms with Gasteiger partial charge in [0.15, 0.2) is 0 Å². The standard InChI is InChI=1S/C5H13F4N4OP3.C5H13F4N4P3.C4H10F5N4P3.C4H12F3N4O2P3.C4H12F3N4OP3S.C3H8F5N4P3.C3H9F4N4OP3.C3H9F4N4P3S/c1-3-13(4-2)17(9)11-15(6,5-14)10-16(7,8)12-17;1-4-13(5-2)16(9)11-14(3,6)10-15(7,8)12-16;1-3-4-13(2)16(9)11-14(5,6)10-15(7,8)12-16;1-11(2)15(6)8-14(5,4-12)9-16(7,10-15)13-3;1-11(2)14(6)8-13(5,4-16)9-15(7,10-14)12-3;1-3-12(2)15(8)10-13(4,5)9-14(6,7)11-15;1-11(2)15(7)9-13(4,3-12)8-14(5,6)10-15;1-11(2)14(7)9-12(4,3-15)8-13(5,6)10-14/h14H,3-5H2,1-2H3;4-5H2,1-3H3;3-4H2,1-2H3;12H,4H2,1-3H3;16H,4H2,1-3H3;3H2,1-2H3;12H,3H2,1-2H3;15H,3H2,1-2H3. The summed E-state index contributed by atoms with van der Waals surface area (Å²) in [6.07, 6.45) is -3.32. The van der Waals surface area contributed by atoms with Gasteiger partial charge in [0.1, 0.15) is 19.0 Å². The third-order valence-corrected chi connectivity index (χ3v) is 72.3. The van der Waals surface area contributed by atoms with Crippen molar-refractivity contribution in [3.05, 3.63) is 0 Å². The van der Waals surface area contributed by atoms with Crippen molar-refractivity contribution in [1.82, 2.24) is 37.4 Å². The second-order valence-electron chi connectivity index (χ2n) is 23.8. The summed E-state index contributed by atoms with van der Waals surface area (Å²) >= 11 is 7.22. The van der Waals surface area contributed by atoms with Crippen LogP contribution in [0, 0.1) is 0 Å². The van der Waals surface area contributed by atoms with Crippen LogP contribution >= 0.6 is 210 Å². The Morgan fingerprint density at radius 2 is 0.468 bits per heavy atom. The Hall–Kier alpha value is 3.46. The fourth-order valence-corrected chi connectivity index (χ4v) is 65.5. The molecule has 8 heterocycles. The summed E-state index contributed by atoms with van der Waals surface area (Å²) in [4.78, 5) is 0. The first-order valence-electron chi connectivity index (χ1n) is 32.5. The number of hydrogen-bond acceptors (Lipinski definition) is 39. The van der Waals surface area contributed by atoms with E-state index in [-0.39, 0.29) is 39.3 Å². The van der Waals surface area contributed by atoms with E-state index in [0.717, 1.165) is 77.1 Å². The van der Waals surface area contributed by atoms with Crippen molar-refractivity contribution >= 4 is 210 Å². The summed E-state index contributed by atoms with van der Waals surface area (Å²) in [7, 11) is -98.4. The van der Waals surface area contributed by atoms with E-state index in [1.54, 1.807) is 20.8 Å². The van der Waals surface area contributed by atoms with Crippen molar-refractivity contribution in [3.8, 4) is 0 Å². The molecule has 126 heavy (non-hydrogen) atoms. The summed E-state index contributed by atoms with van der Waals surface area (Å²) in [6, 6.07) is 0. The molecule has 0 spiro atoms. The number of hydrogen-bond donors (Lipinski definition) is 5. The smallest absolute Gasteiger partial charge is 0.386 e. The normalized spacial score (nSPS) is 37.9.